The summed E-state index contributed by atoms with van der Waals surface area (Å²) in [5.41, 5.74) is 1.73. The Balaban J connectivity index is 2.36. The number of esters is 1. The van der Waals surface area contributed by atoms with Crippen LogP contribution in [0.4, 0.5) is 0 Å². The van der Waals surface area contributed by atoms with Crippen LogP contribution in [0, 0.1) is 13.8 Å². The normalized spacial score (nSPS) is 11.8. The first-order chi connectivity index (χ1) is 13.7. The lowest BCUT2D eigenvalue weighted by Gasteiger charge is -2.27. The van der Waals surface area contributed by atoms with Crippen LogP contribution in [-0.4, -0.2) is 22.1 Å². The quantitative estimate of drug-likeness (QED) is 0.535. The van der Waals surface area contributed by atoms with Crippen LogP contribution in [0.2, 0.25) is 0 Å². The standard InChI is InChI=1S/C23H28N2O3S/c1-7-9-17-24-20-19(21(26)25(17)23(5,6)22(27)28-8-2)18(15(4)29-20)16-12-10-14(3)11-13-16/h10-13H,7-9H2,1-6H3. The molecule has 2 heterocycles. The van der Waals surface area contributed by atoms with Crippen molar-refractivity contribution in [1.29, 1.82) is 0 Å². The lowest BCUT2D eigenvalue weighted by Crippen LogP contribution is -2.46. The predicted molar refractivity (Wildman–Crippen MR) is 119 cm³/mol. The second kappa shape index (κ2) is 8.11. The lowest BCUT2D eigenvalue weighted by atomic mass is 10.0. The van der Waals surface area contributed by atoms with Crippen molar-refractivity contribution in [3.05, 3.63) is 50.9 Å². The number of benzene rings is 1. The van der Waals surface area contributed by atoms with Crippen molar-refractivity contribution in [2.75, 3.05) is 6.61 Å². The first-order valence-corrected chi connectivity index (χ1v) is 10.8. The number of carbonyl (C=O) groups is 1. The van der Waals surface area contributed by atoms with Gasteiger partial charge in [-0.05, 0) is 46.6 Å². The molecule has 0 bridgehead atoms. The van der Waals surface area contributed by atoms with E-state index in [2.05, 4.69) is 0 Å². The van der Waals surface area contributed by atoms with Crippen LogP contribution in [0.3, 0.4) is 0 Å². The molecule has 154 valence electrons. The van der Waals surface area contributed by atoms with E-state index >= 15 is 0 Å². The van der Waals surface area contributed by atoms with E-state index < -0.39 is 11.5 Å². The van der Waals surface area contributed by atoms with Crippen molar-refractivity contribution >= 4 is 27.5 Å². The zero-order chi connectivity index (χ0) is 21.3. The summed E-state index contributed by atoms with van der Waals surface area (Å²) in [6.45, 7) is 11.6. The van der Waals surface area contributed by atoms with Gasteiger partial charge in [0.1, 0.15) is 16.2 Å². The minimum atomic E-state index is -1.14. The van der Waals surface area contributed by atoms with E-state index in [0.29, 0.717) is 17.6 Å². The Kier molecular flexibility index (Phi) is 5.94. The Morgan fingerprint density at radius 3 is 2.41 bits per heavy atom. The summed E-state index contributed by atoms with van der Waals surface area (Å²) in [6, 6.07) is 8.14. The molecule has 0 N–H and O–H groups in total. The molecule has 29 heavy (non-hydrogen) atoms. The largest absolute Gasteiger partial charge is 0.464 e. The molecular formula is C23H28N2O3S. The number of aryl methyl sites for hydroxylation is 3. The average Bonchev–Trinajstić information content (AvgIpc) is 2.99. The van der Waals surface area contributed by atoms with Gasteiger partial charge < -0.3 is 4.74 Å². The molecule has 1 aromatic carbocycles. The van der Waals surface area contributed by atoms with Gasteiger partial charge in [0.25, 0.3) is 5.56 Å². The Hall–Kier alpha value is -2.47. The number of carbonyl (C=O) groups excluding carboxylic acids is 1. The van der Waals surface area contributed by atoms with E-state index in [0.717, 1.165) is 32.8 Å². The maximum absolute atomic E-state index is 13.8. The molecule has 0 saturated carbocycles. The third kappa shape index (κ3) is 3.73. The predicted octanol–water partition coefficient (Wildman–Crippen LogP) is 4.99. The molecule has 5 nitrogen and oxygen atoms in total. The van der Waals surface area contributed by atoms with Gasteiger partial charge in [-0.15, -0.1) is 11.3 Å². The summed E-state index contributed by atoms with van der Waals surface area (Å²) in [5.74, 6) is 0.198. The van der Waals surface area contributed by atoms with Crippen molar-refractivity contribution in [2.45, 2.75) is 59.9 Å². The summed E-state index contributed by atoms with van der Waals surface area (Å²) >= 11 is 1.53. The van der Waals surface area contributed by atoms with Crippen molar-refractivity contribution in [2.24, 2.45) is 0 Å². The zero-order valence-corrected chi connectivity index (χ0v) is 18.8. The van der Waals surface area contributed by atoms with Crippen molar-refractivity contribution in [1.82, 2.24) is 9.55 Å². The van der Waals surface area contributed by atoms with E-state index in [1.54, 1.807) is 25.3 Å². The lowest BCUT2D eigenvalue weighted by molar-refractivity contribution is -0.152. The van der Waals surface area contributed by atoms with Gasteiger partial charge in [0.15, 0.2) is 0 Å². The van der Waals surface area contributed by atoms with Crippen LogP contribution in [0.25, 0.3) is 21.3 Å². The fourth-order valence-electron chi connectivity index (χ4n) is 3.64. The number of hydrogen-bond donors (Lipinski definition) is 0. The number of fused-ring (bicyclic) bond motifs is 1. The van der Waals surface area contributed by atoms with Crippen LogP contribution in [0.5, 0.6) is 0 Å². The molecule has 0 aliphatic rings. The van der Waals surface area contributed by atoms with Crippen molar-refractivity contribution in [3.8, 4) is 11.1 Å². The third-order valence-corrected chi connectivity index (χ3v) is 6.12. The van der Waals surface area contributed by atoms with E-state index in [1.807, 2.05) is 45.0 Å². The Morgan fingerprint density at radius 1 is 1.17 bits per heavy atom. The molecule has 0 atom stereocenters. The minimum Gasteiger partial charge on any atom is -0.464 e. The number of nitrogens with zero attached hydrogens (tertiary/aromatic N) is 2. The fourth-order valence-corrected chi connectivity index (χ4v) is 4.69. The highest BCUT2D eigenvalue weighted by molar-refractivity contribution is 7.19. The van der Waals surface area contributed by atoms with Crippen molar-refractivity contribution < 1.29 is 9.53 Å². The fraction of sp³-hybridized carbons (Fsp3) is 0.435. The van der Waals surface area contributed by atoms with Gasteiger partial charge in [0.05, 0.1) is 12.0 Å². The van der Waals surface area contributed by atoms with E-state index in [-0.39, 0.29) is 12.2 Å². The number of hydrogen-bond acceptors (Lipinski definition) is 5. The van der Waals surface area contributed by atoms with Gasteiger partial charge in [0, 0.05) is 16.9 Å². The van der Waals surface area contributed by atoms with Gasteiger partial charge in [-0.25, -0.2) is 9.78 Å². The van der Waals surface area contributed by atoms with Crippen LogP contribution in [-0.2, 0) is 21.5 Å². The molecule has 3 rings (SSSR count). The number of thiophene rings is 1. The highest BCUT2D eigenvalue weighted by Crippen LogP contribution is 2.36. The molecule has 2 aromatic heterocycles. The molecule has 0 radical (unpaired) electrons. The maximum atomic E-state index is 13.8. The summed E-state index contributed by atoms with van der Waals surface area (Å²) in [5, 5.41) is 0.577. The highest BCUT2D eigenvalue weighted by atomic mass is 32.1. The van der Waals surface area contributed by atoms with Gasteiger partial charge in [-0.3, -0.25) is 9.36 Å². The number of aromatic nitrogens is 2. The Bertz CT molecular complexity index is 1110. The van der Waals surface area contributed by atoms with Gasteiger partial charge in [0.2, 0.25) is 0 Å². The Labute approximate surface area is 175 Å². The third-order valence-electron chi connectivity index (χ3n) is 5.12. The smallest absolute Gasteiger partial charge is 0.331 e. The zero-order valence-electron chi connectivity index (χ0n) is 18.0. The molecule has 0 unspecified atom stereocenters. The van der Waals surface area contributed by atoms with E-state index in [1.165, 1.54) is 11.3 Å². The molecule has 0 amide bonds. The topological polar surface area (TPSA) is 61.2 Å². The van der Waals surface area contributed by atoms with Gasteiger partial charge in [-0.1, -0.05) is 36.8 Å². The molecule has 3 aromatic rings. The molecule has 0 aliphatic carbocycles. The molecule has 0 fully saturated rings. The van der Waals surface area contributed by atoms with Gasteiger partial charge >= 0.3 is 5.97 Å². The minimum absolute atomic E-state index is 0.184. The second-order valence-electron chi connectivity index (χ2n) is 7.78. The summed E-state index contributed by atoms with van der Waals surface area (Å²) in [6.07, 6.45) is 1.44. The van der Waals surface area contributed by atoms with E-state index in [9.17, 15) is 9.59 Å². The van der Waals surface area contributed by atoms with Crippen LogP contribution in [0.1, 0.15) is 50.4 Å². The summed E-state index contributed by atoms with van der Waals surface area (Å²) in [4.78, 5) is 33.1. The average molecular weight is 413 g/mol. The molecule has 0 saturated heterocycles. The monoisotopic (exact) mass is 412 g/mol. The molecule has 0 spiro atoms. The molecule has 0 aliphatic heterocycles. The number of ether oxygens (including phenoxy) is 1. The number of rotatable bonds is 6. The maximum Gasteiger partial charge on any atom is 0.331 e. The van der Waals surface area contributed by atoms with Crippen LogP contribution < -0.4 is 5.56 Å². The second-order valence-corrected chi connectivity index (χ2v) is 8.98. The van der Waals surface area contributed by atoms with E-state index in [4.69, 9.17) is 9.72 Å². The summed E-state index contributed by atoms with van der Waals surface area (Å²) in [7, 11) is 0. The van der Waals surface area contributed by atoms with Crippen LogP contribution in [0.15, 0.2) is 29.1 Å². The first kappa shape index (κ1) is 21.2. The molecule has 6 heteroatoms. The SMILES string of the molecule is CCCc1nc2sc(C)c(-c3ccc(C)cc3)c2c(=O)n1C(C)(C)C(=O)OCC. The van der Waals surface area contributed by atoms with Gasteiger partial charge in [-0.2, -0.15) is 0 Å². The first-order valence-electron chi connectivity index (χ1n) is 10.0. The van der Waals surface area contributed by atoms with Crippen LogP contribution >= 0.6 is 11.3 Å². The summed E-state index contributed by atoms with van der Waals surface area (Å²) < 4.78 is 6.81. The molecular weight excluding hydrogens is 384 g/mol. The van der Waals surface area contributed by atoms with Crippen molar-refractivity contribution in [3.63, 3.8) is 0 Å². The Morgan fingerprint density at radius 2 is 1.83 bits per heavy atom. The highest BCUT2D eigenvalue weighted by Gasteiger charge is 2.36.